The highest BCUT2D eigenvalue weighted by Gasteiger charge is 2.78. The molecule has 162 valence electrons. The van der Waals surface area contributed by atoms with E-state index in [2.05, 4.69) is 0 Å². The van der Waals surface area contributed by atoms with E-state index < -0.39 is 54.0 Å². The molecule has 0 bridgehead atoms. The molecule has 1 aromatic rings. The molecular weight excluding hydrogens is 430 g/mol. The van der Waals surface area contributed by atoms with E-state index in [9.17, 15) is 34.8 Å². The van der Waals surface area contributed by atoms with Crippen molar-refractivity contribution in [2.75, 3.05) is 0 Å². The lowest BCUT2D eigenvalue weighted by atomic mass is 9.82. The zero-order valence-corrected chi connectivity index (χ0v) is 17.7. The van der Waals surface area contributed by atoms with E-state index >= 15 is 0 Å². The lowest BCUT2D eigenvalue weighted by Gasteiger charge is -2.32. The van der Waals surface area contributed by atoms with Crippen LogP contribution in [0.3, 0.4) is 0 Å². The second-order valence-electron chi connectivity index (χ2n) is 8.40. The molecule has 3 nitrogen and oxygen atoms in total. The van der Waals surface area contributed by atoms with E-state index in [4.69, 9.17) is 4.55 Å². The Labute approximate surface area is 164 Å². The molecule has 0 saturated carbocycles. The van der Waals surface area contributed by atoms with Crippen LogP contribution in [0, 0.1) is 0 Å². The molecule has 0 aliphatic carbocycles. The van der Waals surface area contributed by atoms with Gasteiger partial charge in [-0.2, -0.15) is 34.8 Å². The molecular formula is C17H22F6O3S2. The minimum atomic E-state index is -6.78. The van der Waals surface area contributed by atoms with Crippen LogP contribution in [0.5, 0.6) is 0 Å². The van der Waals surface area contributed by atoms with Gasteiger partial charge >= 0.3 is 26.5 Å². The first-order valence-corrected chi connectivity index (χ1v) is 10.3. The molecule has 0 saturated heterocycles. The van der Waals surface area contributed by atoms with Gasteiger partial charge < -0.3 is 0 Å². The van der Waals surface area contributed by atoms with Crippen molar-refractivity contribution in [3.8, 4) is 0 Å². The van der Waals surface area contributed by atoms with Crippen LogP contribution >= 0.6 is 11.8 Å². The third kappa shape index (κ3) is 4.62. The summed E-state index contributed by atoms with van der Waals surface area (Å²) in [6, 6.07) is 4.26. The maximum Gasteiger partial charge on any atom is 0.438 e. The van der Waals surface area contributed by atoms with Crippen molar-refractivity contribution < 1.29 is 39.3 Å². The molecule has 0 radical (unpaired) electrons. The number of rotatable bonds is 5. The van der Waals surface area contributed by atoms with Crippen LogP contribution in [0.4, 0.5) is 26.3 Å². The van der Waals surface area contributed by atoms with Crippen molar-refractivity contribution in [2.24, 2.45) is 0 Å². The second kappa shape index (κ2) is 7.09. The molecule has 11 heteroatoms. The van der Waals surface area contributed by atoms with Crippen LogP contribution in [-0.2, 0) is 20.9 Å². The van der Waals surface area contributed by atoms with E-state index in [0.29, 0.717) is 5.56 Å². The molecule has 0 aliphatic heterocycles. The summed E-state index contributed by atoms with van der Waals surface area (Å²) in [5.74, 6) is -6.37. The molecule has 0 spiro atoms. The summed E-state index contributed by atoms with van der Waals surface area (Å²) in [5, 5.41) is -11.9. The van der Waals surface area contributed by atoms with Crippen molar-refractivity contribution in [2.45, 2.75) is 73.7 Å². The number of alkyl halides is 6. The third-order valence-corrected chi connectivity index (χ3v) is 5.92. The minimum absolute atomic E-state index is 0.191. The fraction of sp³-hybridized carbons (Fsp3) is 0.647. The minimum Gasteiger partial charge on any atom is -0.281 e. The number of thioether (sulfide) groups is 1. The van der Waals surface area contributed by atoms with Crippen molar-refractivity contribution in [3.63, 3.8) is 0 Å². The lowest BCUT2D eigenvalue weighted by molar-refractivity contribution is -0.242. The van der Waals surface area contributed by atoms with Crippen molar-refractivity contribution >= 4 is 21.9 Å². The largest absolute Gasteiger partial charge is 0.438 e. The van der Waals surface area contributed by atoms with Crippen molar-refractivity contribution in [3.05, 3.63) is 29.3 Å². The molecule has 0 heterocycles. The summed E-state index contributed by atoms with van der Waals surface area (Å²) in [7, 11) is -6.78. The molecule has 0 amide bonds. The van der Waals surface area contributed by atoms with E-state index in [1.54, 1.807) is 47.6 Å². The van der Waals surface area contributed by atoms with Gasteiger partial charge in [-0.3, -0.25) is 4.55 Å². The molecule has 0 fully saturated rings. The highest BCUT2D eigenvalue weighted by Crippen LogP contribution is 2.56. The molecule has 0 aliphatic rings. The number of hydrogen-bond acceptors (Lipinski definition) is 3. The molecule has 0 atom stereocenters. The fourth-order valence-electron chi connectivity index (χ4n) is 2.23. The van der Waals surface area contributed by atoms with Gasteiger partial charge in [-0.25, -0.2) is 0 Å². The van der Waals surface area contributed by atoms with E-state index in [1.807, 2.05) is 0 Å². The van der Waals surface area contributed by atoms with Gasteiger partial charge in [-0.1, -0.05) is 53.7 Å². The zero-order chi connectivity index (χ0) is 22.6. The topological polar surface area (TPSA) is 54.4 Å². The molecule has 1 aromatic carbocycles. The zero-order valence-electron chi connectivity index (χ0n) is 16.1. The van der Waals surface area contributed by atoms with Gasteiger partial charge in [0, 0.05) is 4.90 Å². The Morgan fingerprint density at radius 1 is 0.857 bits per heavy atom. The van der Waals surface area contributed by atoms with Crippen molar-refractivity contribution in [1.29, 1.82) is 0 Å². The Morgan fingerprint density at radius 3 is 1.68 bits per heavy atom. The smallest absolute Gasteiger partial charge is 0.281 e. The quantitative estimate of drug-likeness (QED) is 0.334. The Hall–Kier alpha value is -0.940. The normalized spacial score (nSPS) is 15.0. The molecule has 28 heavy (non-hydrogen) atoms. The van der Waals surface area contributed by atoms with Crippen molar-refractivity contribution in [1.82, 2.24) is 0 Å². The van der Waals surface area contributed by atoms with Gasteiger partial charge in [-0.15, -0.1) is 0 Å². The van der Waals surface area contributed by atoms with Crippen LogP contribution in [0.2, 0.25) is 0 Å². The van der Waals surface area contributed by atoms with Gasteiger partial charge in [0.2, 0.25) is 0 Å². The van der Waals surface area contributed by atoms with Gasteiger partial charge in [0.1, 0.15) is 0 Å². The average molecular weight is 452 g/mol. The predicted octanol–water partition coefficient (Wildman–Crippen LogP) is 6.08. The van der Waals surface area contributed by atoms with Crippen LogP contribution in [0.25, 0.3) is 0 Å². The molecule has 0 aromatic heterocycles. The number of benzene rings is 1. The maximum atomic E-state index is 14.3. The second-order valence-corrected chi connectivity index (χ2v) is 11.0. The summed E-state index contributed by atoms with van der Waals surface area (Å²) in [4.78, 5) is -0.393. The molecule has 1 N–H and O–H groups in total. The van der Waals surface area contributed by atoms with Crippen LogP contribution in [0.1, 0.15) is 52.7 Å². The van der Waals surface area contributed by atoms with E-state index in [0.717, 1.165) is 0 Å². The van der Waals surface area contributed by atoms with Gasteiger partial charge in [0.25, 0.3) is 0 Å². The Bertz CT molecular complexity index is 837. The standard InChI is InChI=1S/C17H22F6O3S2/c1-13(2,3)10-7-8-11(14(4,5)6)12(9-10)27-16(20,21)15(18,19)17(22,23)28(24,25)26/h7-9H,1-6H3,(H,24,25,26). The highest BCUT2D eigenvalue weighted by molar-refractivity contribution is 8.00. The van der Waals surface area contributed by atoms with Gasteiger partial charge in [0.05, 0.1) is 0 Å². The van der Waals surface area contributed by atoms with Gasteiger partial charge in [-0.05, 0) is 39.8 Å². The van der Waals surface area contributed by atoms with E-state index in [1.165, 1.54) is 12.1 Å². The summed E-state index contributed by atoms with van der Waals surface area (Å²) < 4.78 is 113. The van der Waals surface area contributed by atoms with Gasteiger partial charge in [0.15, 0.2) is 0 Å². The highest BCUT2D eigenvalue weighted by atomic mass is 32.2. The lowest BCUT2D eigenvalue weighted by Crippen LogP contribution is -2.56. The third-order valence-electron chi connectivity index (χ3n) is 3.95. The Morgan fingerprint density at radius 2 is 1.32 bits per heavy atom. The SMILES string of the molecule is CC(C)(C)c1ccc(C(C)(C)C)c(SC(F)(F)C(F)(F)C(F)(F)S(=O)(=O)O)c1. The van der Waals surface area contributed by atoms with Crippen LogP contribution < -0.4 is 0 Å². The molecule has 1 rings (SSSR count). The number of halogens is 6. The van der Waals surface area contributed by atoms with E-state index in [-0.39, 0.29) is 5.56 Å². The van der Waals surface area contributed by atoms with Crippen LogP contribution in [0.15, 0.2) is 23.1 Å². The summed E-state index contributed by atoms with van der Waals surface area (Å²) in [5.41, 5.74) is -0.669. The first-order chi connectivity index (χ1) is 12.1. The number of hydrogen-bond donors (Lipinski definition) is 1. The Balaban J connectivity index is 3.60. The monoisotopic (exact) mass is 452 g/mol. The maximum absolute atomic E-state index is 14.3. The predicted molar refractivity (Wildman–Crippen MR) is 96.1 cm³/mol. The summed E-state index contributed by atoms with van der Waals surface area (Å²) in [6.07, 6.45) is 0. The molecule has 0 unspecified atom stereocenters. The average Bonchev–Trinajstić information content (AvgIpc) is 2.42. The first-order valence-electron chi connectivity index (χ1n) is 8.00. The first kappa shape index (κ1) is 25.1. The Kier molecular flexibility index (Phi) is 6.35. The summed E-state index contributed by atoms with van der Waals surface area (Å²) >= 11 is -0.859. The fourth-order valence-corrected chi connectivity index (χ4v) is 3.95. The van der Waals surface area contributed by atoms with Crippen LogP contribution in [-0.4, -0.2) is 29.4 Å². The summed E-state index contributed by atoms with van der Waals surface area (Å²) in [6.45, 7) is 10.1.